The Balaban J connectivity index is 2.22. The van der Waals surface area contributed by atoms with Gasteiger partial charge in [0.25, 0.3) is 0 Å². The van der Waals surface area contributed by atoms with Gasteiger partial charge in [-0.3, -0.25) is 14.5 Å². The topological polar surface area (TPSA) is 49.4 Å². The zero-order chi connectivity index (χ0) is 14.5. The van der Waals surface area contributed by atoms with Gasteiger partial charge in [0.15, 0.2) is 5.78 Å². The zero-order valence-electron chi connectivity index (χ0n) is 12.2. The Labute approximate surface area is 120 Å². The summed E-state index contributed by atoms with van der Waals surface area (Å²) in [6, 6.07) is 5.51. The minimum absolute atomic E-state index is 0.0549. The maximum absolute atomic E-state index is 11.5. The summed E-state index contributed by atoms with van der Waals surface area (Å²) in [4.78, 5) is 25.2. The van der Waals surface area contributed by atoms with Crippen molar-refractivity contribution in [1.82, 2.24) is 4.90 Å². The fraction of sp³-hybridized carbons (Fsp3) is 0.500. The summed E-state index contributed by atoms with van der Waals surface area (Å²) in [5.41, 5.74) is 2.54. The lowest BCUT2D eigenvalue weighted by atomic mass is 10.0. The smallest absolute Gasteiger partial charge is 0.221 e. The molecule has 1 aromatic rings. The van der Waals surface area contributed by atoms with Crippen LogP contribution in [0.2, 0.25) is 0 Å². The standard InChI is InChI=1S/C16H22N2O2/c1-12(19)14-6-7-16(17-13(2)20)15(10-14)11-18-8-4-3-5-9-18/h6-7,10H,3-5,8-9,11H2,1-2H3,(H,17,20). The number of rotatable bonds is 4. The molecule has 1 fully saturated rings. The van der Waals surface area contributed by atoms with E-state index in [-0.39, 0.29) is 11.7 Å². The van der Waals surface area contributed by atoms with Crippen LogP contribution in [0.4, 0.5) is 5.69 Å². The van der Waals surface area contributed by atoms with E-state index in [1.54, 1.807) is 13.0 Å². The molecule has 0 bridgehead atoms. The first-order valence-electron chi connectivity index (χ1n) is 7.20. The van der Waals surface area contributed by atoms with Crippen molar-refractivity contribution in [2.45, 2.75) is 39.7 Å². The lowest BCUT2D eigenvalue weighted by Gasteiger charge is -2.27. The Hall–Kier alpha value is -1.68. The van der Waals surface area contributed by atoms with Gasteiger partial charge in [0.2, 0.25) is 5.91 Å². The number of carbonyl (C=O) groups excluding carboxylic acids is 2. The fourth-order valence-corrected chi connectivity index (χ4v) is 2.61. The molecule has 1 aliphatic heterocycles. The van der Waals surface area contributed by atoms with E-state index in [0.29, 0.717) is 5.56 Å². The van der Waals surface area contributed by atoms with Gasteiger partial charge in [-0.05, 0) is 56.6 Å². The third-order valence-corrected chi connectivity index (χ3v) is 3.67. The second-order valence-corrected chi connectivity index (χ2v) is 5.45. The maximum Gasteiger partial charge on any atom is 0.221 e. The Morgan fingerprint density at radius 1 is 1.15 bits per heavy atom. The molecule has 0 saturated carbocycles. The second-order valence-electron chi connectivity index (χ2n) is 5.45. The number of likely N-dealkylation sites (tertiary alicyclic amines) is 1. The van der Waals surface area contributed by atoms with Gasteiger partial charge in [-0.1, -0.05) is 6.42 Å². The van der Waals surface area contributed by atoms with Crippen molar-refractivity contribution in [3.63, 3.8) is 0 Å². The summed E-state index contributed by atoms with van der Waals surface area (Å²) in [5, 5.41) is 2.85. The largest absolute Gasteiger partial charge is 0.326 e. The third-order valence-electron chi connectivity index (χ3n) is 3.67. The average Bonchev–Trinajstić information content (AvgIpc) is 2.41. The van der Waals surface area contributed by atoms with Crippen LogP contribution >= 0.6 is 0 Å². The maximum atomic E-state index is 11.5. The van der Waals surface area contributed by atoms with Gasteiger partial charge in [0.05, 0.1) is 0 Å². The summed E-state index contributed by atoms with van der Waals surface area (Å²) >= 11 is 0. The summed E-state index contributed by atoms with van der Waals surface area (Å²) in [5.74, 6) is -0.0280. The molecule has 0 aliphatic carbocycles. The average molecular weight is 274 g/mol. The predicted molar refractivity (Wildman–Crippen MR) is 79.9 cm³/mol. The van der Waals surface area contributed by atoms with Crippen LogP contribution < -0.4 is 5.32 Å². The van der Waals surface area contributed by atoms with Gasteiger partial charge in [-0.2, -0.15) is 0 Å². The first-order valence-corrected chi connectivity index (χ1v) is 7.20. The van der Waals surface area contributed by atoms with Crippen LogP contribution in [-0.4, -0.2) is 29.7 Å². The molecular formula is C16H22N2O2. The number of ketones is 1. The summed E-state index contributed by atoms with van der Waals surface area (Å²) in [6.45, 7) is 6.03. The number of piperidine rings is 1. The van der Waals surface area contributed by atoms with Crippen molar-refractivity contribution in [3.05, 3.63) is 29.3 Å². The van der Waals surface area contributed by atoms with Crippen LogP contribution in [0.25, 0.3) is 0 Å². The molecule has 0 radical (unpaired) electrons. The van der Waals surface area contributed by atoms with Crippen molar-refractivity contribution in [2.24, 2.45) is 0 Å². The van der Waals surface area contributed by atoms with E-state index in [4.69, 9.17) is 0 Å². The van der Waals surface area contributed by atoms with E-state index < -0.39 is 0 Å². The number of nitrogens with one attached hydrogen (secondary N) is 1. The van der Waals surface area contributed by atoms with Crippen LogP contribution in [0.15, 0.2) is 18.2 Å². The molecule has 1 aliphatic rings. The molecule has 0 spiro atoms. The predicted octanol–water partition coefficient (Wildman–Crippen LogP) is 2.83. The van der Waals surface area contributed by atoms with E-state index >= 15 is 0 Å². The molecule has 4 heteroatoms. The molecule has 1 saturated heterocycles. The third kappa shape index (κ3) is 3.90. The summed E-state index contributed by atoms with van der Waals surface area (Å²) < 4.78 is 0. The van der Waals surface area contributed by atoms with Gasteiger partial charge in [-0.25, -0.2) is 0 Å². The molecule has 1 amide bonds. The highest BCUT2D eigenvalue weighted by Crippen LogP contribution is 2.22. The molecule has 20 heavy (non-hydrogen) atoms. The van der Waals surface area contributed by atoms with Crippen molar-refractivity contribution in [1.29, 1.82) is 0 Å². The van der Waals surface area contributed by atoms with Gasteiger partial charge in [0, 0.05) is 24.7 Å². The van der Waals surface area contributed by atoms with Gasteiger partial charge < -0.3 is 5.32 Å². The molecule has 0 atom stereocenters. The second kappa shape index (κ2) is 6.66. The minimum atomic E-state index is -0.0829. The number of anilines is 1. The molecular weight excluding hydrogens is 252 g/mol. The van der Waals surface area contributed by atoms with Gasteiger partial charge in [-0.15, -0.1) is 0 Å². The lowest BCUT2D eigenvalue weighted by molar-refractivity contribution is -0.114. The highest BCUT2D eigenvalue weighted by molar-refractivity contribution is 5.96. The quantitative estimate of drug-likeness (QED) is 0.859. The van der Waals surface area contributed by atoms with E-state index in [0.717, 1.165) is 30.9 Å². The highest BCUT2D eigenvalue weighted by atomic mass is 16.1. The van der Waals surface area contributed by atoms with Crippen LogP contribution in [0.1, 0.15) is 49.0 Å². The minimum Gasteiger partial charge on any atom is -0.326 e. The summed E-state index contributed by atoms with van der Waals surface area (Å²) in [6.07, 6.45) is 3.74. The number of benzene rings is 1. The number of Topliss-reactive ketones (excluding diaryl/α,β-unsaturated/α-hetero) is 1. The van der Waals surface area contributed by atoms with E-state index in [9.17, 15) is 9.59 Å². The SMILES string of the molecule is CC(=O)Nc1ccc(C(C)=O)cc1CN1CCCCC1. The first-order chi connectivity index (χ1) is 9.56. The highest BCUT2D eigenvalue weighted by Gasteiger charge is 2.14. The van der Waals surface area contributed by atoms with Crippen LogP contribution in [0.3, 0.4) is 0 Å². The van der Waals surface area contributed by atoms with E-state index in [1.165, 1.54) is 26.2 Å². The number of hydrogen-bond acceptors (Lipinski definition) is 3. The molecule has 0 unspecified atom stereocenters. The van der Waals surface area contributed by atoms with Gasteiger partial charge in [0.1, 0.15) is 0 Å². The monoisotopic (exact) mass is 274 g/mol. The van der Waals surface area contributed by atoms with Crippen molar-refractivity contribution >= 4 is 17.4 Å². The van der Waals surface area contributed by atoms with E-state index in [1.807, 2.05) is 12.1 Å². The molecule has 2 rings (SSSR count). The zero-order valence-corrected chi connectivity index (χ0v) is 12.2. The Morgan fingerprint density at radius 2 is 1.85 bits per heavy atom. The van der Waals surface area contributed by atoms with Crippen molar-refractivity contribution in [3.8, 4) is 0 Å². The molecule has 1 aromatic carbocycles. The number of nitrogens with zero attached hydrogens (tertiary/aromatic N) is 1. The van der Waals surface area contributed by atoms with Gasteiger partial charge >= 0.3 is 0 Å². The lowest BCUT2D eigenvalue weighted by Crippen LogP contribution is -2.29. The van der Waals surface area contributed by atoms with Crippen LogP contribution in [-0.2, 0) is 11.3 Å². The number of amides is 1. The molecule has 4 nitrogen and oxygen atoms in total. The number of carbonyl (C=O) groups is 2. The molecule has 0 aromatic heterocycles. The number of hydrogen-bond donors (Lipinski definition) is 1. The summed E-state index contributed by atoms with van der Waals surface area (Å²) in [7, 11) is 0. The Kier molecular flexibility index (Phi) is 4.90. The van der Waals surface area contributed by atoms with Crippen LogP contribution in [0.5, 0.6) is 0 Å². The van der Waals surface area contributed by atoms with Crippen molar-refractivity contribution < 1.29 is 9.59 Å². The molecule has 108 valence electrons. The molecule has 1 N–H and O–H groups in total. The van der Waals surface area contributed by atoms with E-state index in [2.05, 4.69) is 10.2 Å². The molecule has 1 heterocycles. The Morgan fingerprint density at radius 3 is 2.45 bits per heavy atom. The Bertz CT molecular complexity index is 505. The normalized spacial score (nSPS) is 15.9. The fourth-order valence-electron chi connectivity index (χ4n) is 2.61. The first kappa shape index (κ1) is 14.7. The van der Waals surface area contributed by atoms with Crippen molar-refractivity contribution in [2.75, 3.05) is 18.4 Å². The van der Waals surface area contributed by atoms with Crippen LogP contribution in [0, 0.1) is 0 Å².